The molecular formula is C15H20BrNO2. The Morgan fingerprint density at radius 3 is 2.47 bits per heavy atom. The molecule has 19 heavy (non-hydrogen) atoms. The zero-order valence-electron chi connectivity index (χ0n) is 11.2. The van der Waals surface area contributed by atoms with E-state index in [0.29, 0.717) is 5.92 Å². The topological polar surface area (TPSA) is 38.3 Å². The number of hydrogen-bond acceptors (Lipinski definition) is 3. The Morgan fingerprint density at radius 1 is 1.26 bits per heavy atom. The fraction of sp³-hybridized carbons (Fsp3) is 0.533. The van der Waals surface area contributed by atoms with E-state index in [4.69, 9.17) is 4.74 Å². The lowest BCUT2D eigenvalue weighted by Gasteiger charge is -2.29. The van der Waals surface area contributed by atoms with Crippen LogP contribution in [0.2, 0.25) is 0 Å². The van der Waals surface area contributed by atoms with Crippen LogP contribution in [0.25, 0.3) is 0 Å². The van der Waals surface area contributed by atoms with Crippen LogP contribution in [0.15, 0.2) is 28.7 Å². The molecule has 0 aliphatic heterocycles. The van der Waals surface area contributed by atoms with Crippen LogP contribution in [0.1, 0.15) is 32.1 Å². The third kappa shape index (κ3) is 3.96. The van der Waals surface area contributed by atoms with Crippen molar-refractivity contribution in [1.29, 1.82) is 0 Å². The number of esters is 1. The highest BCUT2D eigenvalue weighted by molar-refractivity contribution is 9.10. The summed E-state index contributed by atoms with van der Waals surface area (Å²) in [6.07, 6.45) is 5.90. The zero-order valence-corrected chi connectivity index (χ0v) is 12.8. The van der Waals surface area contributed by atoms with Crippen LogP contribution in [-0.2, 0) is 9.53 Å². The van der Waals surface area contributed by atoms with Crippen molar-refractivity contribution in [1.82, 2.24) is 0 Å². The summed E-state index contributed by atoms with van der Waals surface area (Å²) < 4.78 is 5.98. The molecule has 0 saturated heterocycles. The first kappa shape index (κ1) is 14.4. The predicted octanol–water partition coefficient (Wildman–Crippen LogP) is 3.98. The lowest BCUT2D eigenvalue weighted by molar-refractivity contribution is -0.143. The molecule has 1 saturated carbocycles. The summed E-state index contributed by atoms with van der Waals surface area (Å²) in [6, 6.07) is 7.66. The molecule has 2 rings (SSSR count). The summed E-state index contributed by atoms with van der Waals surface area (Å²) >= 11 is 3.41. The highest BCUT2D eigenvalue weighted by atomic mass is 79.9. The molecule has 1 atom stereocenters. The van der Waals surface area contributed by atoms with Gasteiger partial charge in [0, 0.05) is 10.2 Å². The second-order valence-corrected chi connectivity index (χ2v) is 5.97. The van der Waals surface area contributed by atoms with Crippen molar-refractivity contribution in [3.8, 4) is 0 Å². The van der Waals surface area contributed by atoms with Gasteiger partial charge in [-0.15, -0.1) is 0 Å². The fourth-order valence-electron chi connectivity index (χ4n) is 2.69. The number of ether oxygens (including phenoxy) is 1. The van der Waals surface area contributed by atoms with E-state index in [1.54, 1.807) is 0 Å². The van der Waals surface area contributed by atoms with E-state index in [0.717, 1.165) is 23.0 Å². The van der Waals surface area contributed by atoms with Gasteiger partial charge in [0.05, 0.1) is 7.11 Å². The van der Waals surface area contributed by atoms with Gasteiger partial charge in [-0.05, 0) is 43.0 Å². The van der Waals surface area contributed by atoms with Gasteiger partial charge in [0.15, 0.2) is 0 Å². The van der Waals surface area contributed by atoms with E-state index < -0.39 is 0 Å². The number of rotatable bonds is 4. The van der Waals surface area contributed by atoms with Crippen molar-refractivity contribution in [2.75, 3.05) is 12.4 Å². The molecule has 0 bridgehead atoms. The molecule has 1 aromatic carbocycles. The molecule has 0 spiro atoms. The van der Waals surface area contributed by atoms with Crippen LogP contribution in [0.3, 0.4) is 0 Å². The Bertz CT molecular complexity index is 413. The van der Waals surface area contributed by atoms with Crippen LogP contribution in [0, 0.1) is 5.92 Å². The first-order valence-corrected chi connectivity index (χ1v) is 7.60. The summed E-state index contributed by atoms with van der Waals surface area (Å²) in [6.45, 7) is 0. The summed E-state index contributed by atoms with van der Waals surface area (Å²) in [7, 11) is 1.46. The third-order valence-electron chi connectivity index (χ3n) is 3.74. The molecular weight excluding hydrogens is 306 g/mol. The smallest absolute Gasteiger partial charge is 0.328 e. The predicted molar refractivity (Wildman–Crippen MR) is 80.1 cm³/mol. The van der Waals surface area contributed by atoms with Crippen molar-refractivity contribution in [2.24, 2.45) is 5.92 Å². The molecule has 1 N–H and O–H groups in total. The molecule has 3 nitrogen and oxygen atoms in total. The number of carbonyl (C=O) groups excluding carboxylic acids is 1. The Kier molecular flexibility index (Phi) is 5.25. The van der Waals surface area contributed by atoms with Gasteiger partial charge in [-0.25, -0.2) is 4.79 Å². The number of anilines is 1. The average Bonchev–Trinajstić information content (AvgIpc) is 2.47. The van der Waals surface area contributed by atoms with Crippen molar-refractivity contribution in [3.63, 3.8) is 0 Å². The molecule has 1 fully saturated rings. The zero-order chi connectivity index (χ0) is 13.7. The molecule has 0 heterocycles. The fourth-order valence-corrected chi connectivity index (χ4v) is 2.95. The van der Waals surface area contributed by atoms with Gasteiger partial charge in [-0.3, -0.25) is 0 Å². The highest BCUT2D eigenvalue weighted by Crippen LogP contribution is 2.29. The summed E-state index contributed by atoms with van der Waals surface area (Å²) in [5, 5.41) is 3.33. The number of hydrogen-bond donors (Lipinski definition) is 1. The Balaban J connectivity index is 2.08. The number of benzene rings is 1. The molecule has 1 aromatic rings. The van der Waals surface area contributed by atoms with E-state index >= 15 is 0 Å². The van der Waals surface area contributed by atoms with Crippen molar-refractivity contribution >= 4 is 27.6 Å². The van der Waals surface area contributed by atoms with Gasteiger partial charge < -0.3 is 10.1 Å². The Labute approximate surface area is 122 Å². The summed E-state index contributed by atoms with van der Waals surface area (Å²) in [4.78, 5) is 12.0. The monoisotopic (exact) mass is 325 g/mol. The minimum atomic E-state index is -0.230. The molecule has 0 radical (unpaired) electrons. The largest absolute Gasteiger partial charge is 0.467 e. The quantitative estimate of drug-likeness (QED) is 0.851. The summed E-state index contributed by atoms with van der Waals surface area (Å²) in [5.41, 5.74) is 0.962. The maximum absolute atomic E-state index is 12.0. The van der Waals surface area contributed by atoms with Gasteiger partial charge in [-0.1, -0.05) is 35.2 Å². The van der Waals surface area contributed by atoms with E-state index in [1.165, 1.54) is 26.4 Å². The van der Waals surface area contributed by atoms with Crippen LogP contribution >= 0.6 is 15.9 Å². The van der Waals surface area contributed by atoms with Crippen LogP contribution in [0.4, 0.5) is 5.69 Å². The normalized spacial score (nSPS) is 17.8. The van der Waals surface area contributed by atoms with E-state index in [9.17, 15) is 4.79 Å². The van der Waals surface area contributed by atoms with Crippen molar-refractivity contribution in [3.05, 3.63) is 28.7 Å². The van der Waals surface area contributed by atoms with Gasteiger partial charge in [-0.2, -0.15) is 0 Å². The molecule has 1 aliphatic carbocycles. The maximum atomic E-state index is 12.0. The first-order valence-electron chi connectivity index (χ1n) is 6.80. The first-order chi connectivity index (χ1) is 9.20. The van der Waals surface area contributed by atoms with Gasteiger partial charge in [0.25, 0.3) is 0 Å². The maximum Gasteiger partial charge on any atom is 0.328 e. The Morgan fingerprint density at radius 2 is 1.89 bits per heavy atom. The number of carbonyl (C=O) groups is 1. The standard InChI is InChI=1S/C15H20BrNO2/c1-19-15(18)14(11-5-3-2-4-6-11)17-13-9-7-12(16)8-10-13/h7-11,14,17H,2-6H2,1H3. The number of halogens is 1. The Hall–Kier alpha value is -1.03. The van der Waals surface area contributed by atoms with Gasteiger partial charge >= 0.3 is 5.97 Å². The lowest BCUT2D eigenvalue weighted by Crippen LogP contribution is -2.38. The molecule has 1 unspecified atom stereocenters. The van der Waals surface area contributed by atoms with E-state index in [1.807, 2.05) is 24.3 Å². The van der Waals surface area contributed by atoms with Crippen LogP contribution in [0.5, 0.6) is 0 Å². The van der Waals surface area contributed by atoms with Crippen molar-refractivity contribution < 1.29 is 9.53 Å². The van der Waals surface area contributed by atoms with E-state index in [-0.39, 0.29) is 12.0 Å². The molecule has 4 heteroatoms. The van der Waals surface area contributed by atoms with Gasteiger partial charge in [0.2, 0.25) is 0 Å². The second-order valence-electron chi connectivity index (χ2n) is 5.05. The van der Waals surface area contributed by atoms with Crippen LogP contribution < -0.4 is 5.32 Å². The van der Waals surface area contributed by atoms with Gasteiger partial charge in [0.1, 0.15) is 6.04 Å². The molecule has 104 valence electrons. The van der Waals surface area contributed by atoms with Crippen molar-refractivity contribution in [2.45, 2.75) is 38.1 Å². The van der Waals surface area contributed by atoms with E-state index in [2.05, 4.69) is 21.2 Å². The SMILES string of the molecule is COC(=O)C(Nc1ccc(Br)cc1)C1CCCCC1. The molecule has 1 aliphatic rings. The second kappa shape index (κ2) is 6.94. The minimum Gasteiger partial charge on any atom is -0.467 e. The third-order valence-corrected chi connectivity index (χ3v) is 4.27. The van der Waals surface area contributed by atoms with Crippen LogP contribution in [-0.4, -0.2) is 19.1 Å². The molecule has 0 aromatic heterocycles. The minimum absolute atomic E-state index is 0.158. The lowest BCUT2D eigenvalue weighted by atomic mass is 9.83. The number of nitrogens with one attached hydrogen (secondary N) is 1. The highest BCUT2D eigenvalue weighted by Gasteiger charge is 2.30. The summed E-state index contributed by atoms with van der Waals surface area (Å²) in [5.74, 6) is 0.222. The average molecular weight is 326 g/mol. The molecule has 0 amide bonds. The number of methoxy groups -OCH3 is 1.